The standard InChI is InChI=1S/C48H38Cl2N4O9/c1-60-28-15-10-25(11-16-28)48-33(45(57)54(47(48)59)52-35-19-12-26(49)20-34(35)50)23-32-30(42(48)41-37(55)21-29(61-2)22-39(41)62-3)17-18-31-40(32)46(58)53(44(31)56)27-13-8-24(9-14-27)43-51-36-6-4-5-7-38(36)63-43/h4-17,19-22,31-33,40,42,52,55H,18,23H2,1-3H3. The number of allylic oxidation sites excluding steroid dienone is 2. The van der Waals surface area contributed by atoms with Gasteiger partial charge < -0.3 is 23.7 Å². The highest BCUT2D eigenvalue weighted by atomic mass is 35.5. The number of nitrogens with zero attached hydrogens (tertiary/aromatic N) is 3. The highest BCUT2D eigenvalue weighted by Gasteiger charge is 2.71. The normalized spacial score (nSPS) is 24.0. The number of rotatable bonds is 9. The monoisotopic (exact) mass is 884 g/mol. The minimum Gasteiger partial charge on any atom is -0.507 e. The molecule has 13 nitrogen and oxygen atoms in total. The first-order valence-corrected chi connectivity index (χ1v) is 21.0. The second-order valence-corrected chi connectivity index (χ2v) is 16.9. The van der Waals surface area contributed by atoms with Gasteiger partial charge in [-0.2, -0.15) is 5.01 Å². The summed E-state index contributed by atoms with van der Waals surface area (Å²) in [5, 5.41) is 13.6. The van der Waals surface area contributed by atoms with Gasteiger partial charge in [-0.05, 0) is 91.1 Å². The topological polar surface area (TPSA) is 161 Å². The summed E-state index contributed by atoms with van der Waals surface area (Å²) in [6.45, 7) is 0. The third-order valence-corrected chi connectivity index (χ3v) is 13.6. The van der Waals surface area contributed by atoms with Crippen LogP contribution in [0.25, 0.3) is 22.6 Å². The van der Waals surface area contributed by atoms with Crippen molar-refractivity contribution in [3.8, 4) is 34.5 Å². The van der Waals surface area contributed by atoms with Crippen LogP contribution < -0.4 is 24.5 Å². The molecule has 5 aromatic carbocycles. The quantitative estimate of drug-likeness (QED) is 0.106. The second kappa shape index (κ2) is 15.2. The molecule has 0 bridgehead atoms. The van der Waals surface area contributed by atoms with Gasteiger partial charge in [0.2, 0.25) is 17.7 Å². The van der Waals surface area contributed by atoms with Crippen molar-refractivity contribution in [2.24, 2.45) is 23.7 Å². The van der Waals surface area contributed by atoms with E-state index in [-0.39, 0.29) is 52.3 Å². The zero-order chi connectivity index (χ0) is 43.9. The van der Waals surface area contributed by atoms with Crippen LogP contribution in [-0.2, 0) is 24.6 Å². The maximum absolute atomic E-state index is 15.7. The molecule has 6 unspecified atom stereocenters. The fourth-order valence-corrected chi connectivity index (χ4v) is 10.8. The van der Waals surface area contributed by atoms with Crippen LogP contribution in [0, 0.1) is 23.7 Å². The smallest absolute Gasteiger partial charge is 0.260 e. The number of nitrogens with one attached hydrogen (secondary N) is 1. The summed E-state index contributed by atoms with van der Waals surface area (Å²) in [4.78, 5) is 66.1. The molecule has 4 aliphatic rings. The maximum atomic E-state index is 15.7. The number of hydrazine groups is 1. The van der Waals surface area contributed by atoms with E-state index in [0.29, 0.717) is 50.1 Å². The number of phenolic OH excluding ortho intramolecular Hbond substituents is 1. The number of anilines is 2. The Balaban J connectivity index is 1.12. The number of carbonyl (C=O) groups excluding carboxylic acids is 4. The number of amides is 4. The number of aromatic nitrogens is 1. The minimum atomic E-state index is -1.74. The summed E-state index contributed by atoms with van der Waals surface area (Å²) < 4.78 is 22.9. The molecular weight excluding hydrogens is 847 g/mol. The number of halogens is 2. The molecule has 15 heteroatoms. The van der Waals surface area contributed by atoms with Crippen LogP contribution in [0.5, 0.6) is 23.0 Å². The van der Waals surface area contributed by atoms with E-state index in [4.69, 9.17) is 41.8 Å². The van der Waals surface area contributed by atoms with Crippen molar-refractivity contribution in [2.75, 3.05) is 31.7 Å². The van der Waals surface area contributed by atoms with E-state index in [1.54, 1.807) is 66.7 Å². The lowest BCUT2D eigenvalue weighted by Gasteiger charge is -2.50. The molecule has 3 heterocycles. The molecule has 318 valence electrons. The number of fused-ring (bicyclic) bond motifs is 5. The minimum absolute atomic E-state index is 0.00931. The van der Waals surface area contributed by atoms with Crippen molar-refractivity contribution in [3.05, 3.63) is 136 Å². The van der Waals surface area contributed by atoms with Gasteiger partial charge >= 0.3 is 0 Å². The van der Waals surface area contributed by atoms with E-state index >= 15 is 9.59 Å². The number of oxazole rings is 1. The molecule has 2 aliphatic heterocycles. The molecule has 6 aromatic rings. The van der Waals surface area contributed by atoms with E-state index in [0.717, 1.165) is 5.01 Å². The van der Waals surface area contributed by atoms with Crippen LogP contribution in [-0.4, -0.2) is 60.1 Å². The summed E-state index contributed by atoms with van der Waals surface area (Å²) in [5.74, 6) is -5.55. The Bertz CT molecular complexity index is 2880. The highest BCUT2D eigenvalue weighted by molar-refractivity contribution is 6.36. The Morgan fingerprint density at radius 3 is 2.25 bits per heavy atom. The van der Waals surface area contributed by atoms with Gasteiger partial charge in [0.1, 0.15) is 28.5 Å². The van der Waals surface area contributed by atoms with Gasteiger partial charge in [0.05, 0.1) is 60.9 Å². The SMILES string of the molecule is COc1ccc(C23C(=O)N(Nc4ccc(Cl)cc4Cl)C(=O)C2CC2C(=CCC4C(=O)N(c5ccc(-c6nc7ccccc7o6)cc5)C(=O)C42)C3c2c(O)cc(OC)cc2OC)cc1. The van der Waals surface area contributed by atoms with E-state index in [1.807, 2.05) is 30.3 Å². The van der Waals surface area contributed by atoms with Crippen molar-refractivity contribution in [3.63, 3.8) is 0 Å². The zero-order valence-electron chi connectivity index (χ0n) is 34.0. The number of para-hydroxylation sites is 2. The molecule has 2 saturated heterocycles. The first-order valence-electron chi connectivity index (χ1n) is 20.2. The summed E-state index contributed by atoms with van der Waals surface area (Å²) in [5.41, 5.74) is 5.14. The first-order chi connectivity index (χ1) is 30.5. The lowest BCUT2D eigenvalue weighted by atomic mass is 9.49. The Morgan fingerprint density at radius 1 is 0.810 bits per heavy atom. The average Bonchev–Trinajstić information content (AvgIpc) is 3.91. The lowest BCUT2D eigenvalue weighted by Crippen LogP contribution is -2.53. The number of benzene rings is 5. The molecule has 63 heavy (non-hydrogen) atoms. The maximum Gasteiger partial charge on any atom is 0.260 e. The van der Waals surface area contributed by atoms with Gasteiger partial charge in [-0.3, -0.25) is 29.5 Å². The van der Waals surface area contributed by atoms with Gasteiger partial charge in [-0.1, -0.05) is 59.1 Å². The van der Waals surface area contributed by atoms with E-state index in [9.17, 15) is 14.7 Å². The molecule has 10 rings (SSSR count). The Labute approximate surface area is 370 Å². The van der Waals surface area contributed by atoms with Crippen LogP contribution >= 0.6 is 23.2 Å². The van der Waals surface area contributed by atoms with Crippen LogP contribution in [0.15, 0.2) is 119 Å². The summed E-state index contributed by atoms with van der Waals surface area (Å²) in [6.07, 6.45) is 2.06. The molecule has 2 N–H and O–H groups in total. The zero-order valence-corrected chi connectivity index (χ0v) is 35.5. The van der Waals surface area contributed by atoms with Crippen molar-refractivity contribution in [1.29, 1.82) is 0 Å². The average molecular weight is 886 g/mol. The fraction of sp³-hybridized carbons (Fsp3) is 0.229. The first kappa shape index (κ1) is 40.3. The number of hydrogen-bond donors (Lipinski definition) is 2. The predicted octanol–water partition coefficient (Wildman–Crippen LogP) is 8.72. The predicted molar refractivity (Wildman–Crippen MR) is 234 cm³/mol. The van der Waals surface area contributed by atoms with Crippen molar-refractivity contribution in [2.45, 2.75) is 24.2 Å². The van der Waals surface area contributed by atoms with Crippen molar-refractivity contribution >= 4 is 69.3 Å². The van der Waals surface area contributed by atoms with E-state index in [2.05, 4.69) is 10.4 Å². The van der Waals surface area contributed by atoms with Crippen LogP contribution in [0.2, 0.25) is 10.0 Å². The number of aromatic hydroxyl groups is 1. The van der Waals surface area contributed by atoms with Gasteiger partial charge in [-0.25, -0.2) is 4.98 Å². The Morgan fingerprint density at radius 2 is 1.56 bits per heavy atom. The second-order valence-electron chi connectivity index (χ2n) is 16.0. The number of imide groups is 2. The molecule has 0 radical (unpaired) electrons. The van der Waals surface area contributed by atoms with Gasteiger partial charge in [0.15, 0.2) is 5.58 Å². The van der Waals surface area contributed by atoms with Gasteiger partial charge in [-0.15, -0.1) is 0 Å². The number of hydrogen-bond acceptors (Lipinski definition) is 11. The van der Waals surface area contributed by atoms with E-state index in [1.165, 1.54) is 38.4 Å². The van der Waals surface area contributed by atoms with Gasteiger partial charge in [0, 0.05) is 34.2 Å². The molecular formula is C48H38Cl2N4O9. The van der Waals surface area contributed by atoms with Crippen LogP contribution in [0.1, 0.15) is 29.9 Å². The molecule has 1 saturated carbocycles. The van der Waals surface area contributed by atoms with Gasteiger partial charge in [0.25, 0.3) is 11.8 Å². The molecule has 6 atom stereocenters. The largest absolute Gasteiger partial charge is 0.507 e. The molecule has 2 aliphatic carbocycles. The molecule has 4 amide bonds. The number of carbonyl (C=O) groups is 4. The highest BCUT2D eigenvalue weighted by Crippen LogP contribution is 2.66. The number of methoxy groups -OCH3 is 3. The molecule has 0 spiro atoms. The Kier molecular flexibility index (Phi) is 9.72. The summed E-state index contributed by atoms with van der Waals surface area (Å²) in [7, 11) is 4.41. The molecule has 3 fully saturated rings. The third kappa shape index (κ3) is 6.08. The van der Waals surface area contributed by atoms with Crippen LogP contribution in [0.3, 0.4) is 0 Å². The third-order valence-electron chi connectivity index (χ3n) is 13.1. The molecule has 1 aromatic heterocycles. The van der Waals surface area contributed by atoms with E-state index < -0.39 is 52.7 Å². The fourth-order valence-electron chi connectivity index (χ4n) is 10.3. The Hall–Kier alpha value is -6.83. The van der Waals surface area contributed by atoms with Crippen LogP contribution in [0.4, 0.5) is 11.4 Å². The number of ether oxygens (including phenoxy) is 3. The van der Waals surface area contributed by atoms with Crippen molar-refractivity contribution < 1.29 is 42.9 Å². The lowest BCUT2D eigenvalue weighted by molar-refractivity contribution is -0.138. The summed E-state index contributed by atoms with van der Waals surface area (Å²) >= 11 is 12.8. The van der Waals surface area contributed by atoms with Crippen molar-refractivity contribution in [1.82, 2.24) is 9.99 Å². The number of phenols is 1. The summed E-state index contributed by atoms with van der Waals surface area (Å²) in [6, 6.07) is 28.8.